The van der Waals surface area contributed by atoms with Gasteiger partial charge in [0.15, 0.2) is 0 Å². The first-order valence-corrected chi connectivity index (χ1v) is 8.29. The molecule has 3 nitrogen and oxygen atoms in total. The Bertz CT molecular complexity index is 872. The number of rotatable bonds is 4. The number of benzene rings is 2. The van der Waals surface area contributed by atoms with E-state index < -0.39 is 0 Å². The Kier molecular flexibility index (Phi) is 4.61. The summed E-state index contributed by atoms with van der Waals surface area (Å²) in [6.45, 7) is 4.67. The van der Waals surface area contributed by atoms with E-state index in [2.05, 4.69) is 6.92 Å². The molecule has 0 saturated heterocycles. The third-order valence-corrected chi connectivity index (χ3v) is 4.39. The zero-order valence-corrected chi connectivity index (χ0v) is 14.4. The third-order valence-electron chi connectivity index (χ3n) is 4.39. The molecule has 1 aromatic heterocycles. The number of para-hydroxylation sites is 1. The first-order valence-electron chi connectivity index (χ1n) is 8.29. The van der Waals surface area contributed by atoms with E-state index in [9.17, 15) is 4.79 Å². The second kappa shape index (κ2) is 6.83. The van der Waals surface area contributed by atoms with Gasteiger partial charge in [-0.15, -0.1) is 0 Å². The van der Waals surface area contributed by atoms with Gasteiger partial charge in [-0.3, -0.25) is 9.78 Å². The molecule has 0 fully saturated rings. The molecule has 0 saturated carbocycles. The molecule has 3 aromatic rings. The van der Waals surface area contributed by atoms with Crippen LogP contribution in [0.15, 0.2) is 54.6 Å². The minimum absolute atomic E-state index is 0.0460. The van der Waals surface area contributed by atoms with Crippen LogP contribution in [-0.2, 0) is 13.0 Å². The van der Waals surface area contributed by atoms with E-state index in [1.165, 1.54) is 0 Å². The Hall–Kier alpha value is -2.68. The van der Waals surface area contributed by atoms with Gasteiger partial charge in [-0.25, -0.2) is 0 Å². The molecular formula is C21H22N2O. The molecule has 0 radical (unpaired) electrons. The van der Waals surface area contributed by atoms with Crippen LogP contribution >= 0.6 is 0 Å². The maximum Gasteiger partial charge on any atom is 0.254 e. The molecule has 122 valence electrons. The highest BCUT2D eigenvalue weighted by Crippen LogP contribution is 2.25. The van der Waals surface area contributed by atoms with Gasteiger partial charge in [0.2, 0.25) is 0 Å². The first-order chi connectivity index (χ1) is 11.6. The monoisotopic (exact) mass is 318 g/mol. The van der Waals surface area contributed by atoms with Crippen molar-refractivity contribution < 1.29 is 4.79 Å². The zero-order chi connectivity index (χ0) is 17.1. The van der Waals surface area contributed by atoms with Crippen molar-refractivity contribution in [1.82, 2.24) is 9.88 Å². The van der Waals surface area contributed by atoms with Gasteiger partial charge in [0, 0.05) is 24.7 Å². The molecular weight excluding hydrogens is 296 g/mol. The fraction of sp³-hybridized carbons (Fsp3) is 0.238. The number of hydrogen-bond donors (Lipinski definition) is 0. The summed E-state index contributed by atoms with van der Waals surface area (Å²) in [5, 5.41) is 0.928. The number of amides is 1. The molecule has 0 aliphatic carbocycles. The van der Waals surface area contributed by atoms with Gasteiger partial charge < -0.3 is 4.90 Å². The zero-order valence-electron chi connectivity index (χ0n) is 14.4. The number of hydrogen-bond acceptors (Lipinski definition) is 2. The van der Waals surface area contributed by atoms with Crippen LogP contribution in [0.2, 0.25) is 0 Å². The summed E-state index contributed by atoms with van der Waals surface area (Å²) in [7, 11) is 1.86. The van der Waals surface area contributed by atoms with Crippen LogP contribution in [0.1, 0.15) is 34.1 Å². The maximum atomic E-state index is 13.2. The quantitative estimate of drug-likeness (QED) is 0.715. The van der Waals surface area contributed by atoms with Crippen molar-refractivity contribution in [3.8, 4) is 0 Å². The molecule has 3 rings (SSSR count). The lowest BCUT2D eigenvalue weighted by Gasteiger charge is -2.21. The van der Waals surface area contributed by atoms with Crippen LogP contribution in [0.4, 0.5) is 0 Å². The smallest absolute Gasteiger partial charge is 0.254 e. The summed E-state index contributed by atoms with van der Waals surface area (Å²) in [4.78, 5) is 19.6. The number of aromatic nitrogens is 1. The summed E-state index contributed by atoms with van der Waals surface area (Å²) in [6, 6.07) is 17.9. The molecule has 3 heteroatoms. The summed E-state index contributed by atoms with van der Waals surface area (Å²) < 4.78 is 0. The molecule has 0 unspecified atom stereocenters. The average molecular weight is 318 g/mol. The Morgan fingerprint density at radius 3 is 2.42 bits per heavy atom. The van der Waals surface area contributed by atoms with Gasteiger partial charge in [0.25, 0.3) is 5.91 Å². The van der Waals surface area contributed by atoms with Gasteiger partial charge in [0.1, 0.15) is 0 Å². The summed E-state index contributed by atoms with van der Waals surface area (Å²) in [5.41, 5.74) is 4.76. The largest absolute Gasteiger partial charge is 0.337 e. The van der Waals surface area contributed by atoms with Crippen LogP contribution in [0, 0.1) is 6.92 Å². The van der Waals surface area contributed by atoms with Crippen LogP contribution in [0.3, 0.4) is 0 Å². The topological polar surface area (TPSA) is 33.2 Å². The second-order valence-electron chi connectivity index (χ2n) is 6.08. The Morgan fingerprint density at radius 2 is 1.71 bits per heavy atom. The fourth-order valence-corrected chi connectivity index (χ4v) is 3.10. The molecule has 2 aromatic carbocycles. The van der Waals surface area contributed by atoms with Crippen LogP contribution < -0.4 is 0 Å². The summed E-state index contributed by atoms with van der Waals surface area (Å²) in [5.74, 6) is 0.0460. The van der Waals surface area contributed by atoms with Crippen molar-refractivity contribution >= 4 is 16.8 Å². The molecule has 0 aliphatic rings. The fourth-order valence-electron chi connectivity index (χ4n) is 3.10. The highest BCUT2D eigenvalue weighted by Gasteiger charge is 2.20. The van der Waals surface area contributed by atoms with Crippen molar-refractivity contribution in [3.63, 3.8) is 0 Å². The number of carbonyl (C=O) groups excluding carboxylic acids is 1. The lowest BCUT2D eigenvalue weighted by Crippen LogP contribution is -2.27. The van der Waals surface area contributed by atoms with Crippen LogP contribution in [-0.4, -0.2) is 22.8 Å². The standard InChI is InChI=1S/C21H22N2O/c1-4-18-15(2)20(17-12-8-9-13-19(17)22-18)21(24)23(3)14-16-10-6-5-7-11-16/h5-13H,4,14H2,1-3H3. The van der Waals surface area contributed by atoms with Crippen molar-refractivity contribution in [1.29, 1.82) is 0 Å². The SMILES string of the molecule is CCc1nc2ccccc2c(C(=O)N(C)Cc2ccccc2)c1C. The third kappa shape index (κ3) is 3.02. The van der Waals surface area contributed by atoms with Crippen molar-refractivity contribution in [2.45, 2.75) is 26.8 Å². The van der Waals surface area contributed by atoms with E-state index in [1.807, 2.05) is 68.6 Å². The summed E-state index contributed by atoms with van der Waals surface area (Å²) >= 11 is 0. The lowest BCUT2D eigenvalue weighted by molar-refractivity contribution is 0.0786. The van der Waals surface area contributed by atoms with E-state index >= 15 is 0 Å². The normalized spacial score (nSPS) is 10.8. The molecule has 0 atom stereocenters. The van der Waals surface area contributed by atoms with E-state index in [0.717, 1.165) is 39.7 Å². The number of nitrogens with zero attached hydrogens (tertiary/aromatic N) is 2. The van der Waals surface area contributed by atoms with Gasteiger partial charge in [-0.1, -0.05) is 55.5 Å². The first kappa shape index (κ1) is 16.2. The Balaban J connectivity index is 2.04. The minimum atomic E-state index is 0.0460. The van der Waals surface area contributed by atoms with Gasteiger partial charge in [-0.05, 0) is 30.5 Å². The van der Waals surface area contributed by atoms with E-state index in [4.69, 9.17) is 4.98 Å². The van der Waals surface area contributed by atoms with Gasteiger partial charge in [0.05, 0.1) is 11.1 Å². The predicted molar refractivity (Wildman–Crippen MR) is 98.1 cm³/mol. The molecule has 1 heterocycles. The predicted octanol–water partition coefficient (Wildman–Crippen LogP) is 4.38. The molecule has 0 aliphatic heterocycles. The van der Waals surface area contributed by atoms with E-state index in [-0.39, 0.29) is 5.91 Å². The van der Waals surface area contributed by atoms with Crippen molar-refractivity contribution in [2.75, 3.05) is 7.05 Å². The van der Waals surface area contributed by atoms with E-state index in [0.29, 0.717) is 6.54 Å². The van der Waals surface area contributed by atoms with Crippen molar-refractivity contribution in [3.05, 3.63) is 77.0 Å². The lowest BCUT2D eigenvalue weighted by atomic mass is 9.99. The number of aryl methyl sites for hydroxylation is 1. The number of pyridine rings is 1. The summed E-state index contributed by atoms with van der Waals surface area (Å²) in [6.07, 6.45) is 0.819. The second-order valence-corrected chi connectivity index (χ2v) is 6.08. The highest BCUT2D eigenvalue weighted by molar-refractivity contribution is 6.07. The number of carbonyl (C=O) groups is 1. The Labute approximate surface area is 143 Å². The van der Waals surface area contributed by atoms with Gasteiger partial charge in [-0.2, -0.15) is 0 Å². The molecule has 24 heavy (non-hydrogen) atoms. The van der Waals surface area contributed by atoms with Gasteiger partial charge >= 0.3 is 0 Å². The minimum Gasteiger partial charge on any atom is -0.337 e. The van der Waals surface area contributed by atoms with Crippen LogP contribution in [0.5, 0.6) is 0 Å². The molecule has 0 spiro atoms. The van der Waals surface area contributed by atoms with Crippen LogP contribution in [0.25, 0.3) is 10.9 Å². The molecule has 1 amide bonds. The van der Waals surface area contributed by atoms with E-state index in [1.54, 1.807) is 4.90 Å². The molecule has 0 N–H and O–H groups in total. The number of fused-ring (bicyclic) bond motifs is 1. The molecule has 0 bridgehead atoms. The maximum absolute atomic E-state index is 13.2. The highest BCUT2D eigenvalue weighted by atomic mass is 16.2. The Morgan fingerprint density at radius 1 is 1.04 bits per heavy atom. The average Bonchev–Trinajstić information content (AvgIpc) is 2.61. The van der Waals surface area contributed by atoms with Crippen molar-refractivity contribution in [2.24, 2.45) is 0 Å².